The van der Waals surface area contributed by atoms with Gasteiger partial charge in [0.15, 0.2) is 5.69 Å². The Morgan fingerprint density at radius 2 is 2.29 bits per heavy atom. The van der Waals surface area contributed by atoms with Gasteiger partial charge in [0.2, 0.25) is 0 Å². The fourth-order valence-corrected chi connectivity index (χ4v) is 2.78. The standard InChI is InChI=1S/C15H20N4O2/c1-16-9-11-10-19(7-8-21-11)15(20)14-12-5-3-4-6-13(12)18(2)17-14/h3-6,11,16H,7-10H2,1-2H3. The normalized spacial score (nSPS) is 19.1. The fourth-order valence-electron chi connectivity index (χ4n) is 2.78. The van der Waals surface area contributed by atoms with Gasteiger partial charge in [-0.3, -0.25) is 9.48 Å². The lowest BCUT2D eigenvalue weighted by atomic mass is 10.1. The first-order valence-corrected chi connectivity index (χ1v) is 7.18. The molecule has 1 aromatic carbocycles. The van der Waals surface area contributed by atoms with Crippen LogP contribution in [0.15, 0.2) is 24.3 Å². The summed E-state index contributed by atoms with van der Waals surface area (Å²) in [6, 6.07) is 7.81. The number of amides is 1. The molecule has 2 heterocycles. The summed E-state index contributed by atoms with van der Waals surface area (Å²) < 4.78 is 7.40. The predicted molar refractivity (Wildman–Crippen MR) is 80.3 cm³/mol. The number of para-hydroxylation sites is 1. The van der Waals surface area contributed by atoms with Crippen LogP contribution in [0.3, 0.4) is 0 Å². The number of morpholine rings is 1. The second-order valence-corrected chi connectivity index (χ2v) is 5.29. The molecule has 0 bridgehead atoms. The third-order valence-electron chi connectivity index (χ3n) is 3.82. The largest absolute Gasteiger partial charge is 0.373 e. The number of nitrogens with zero attached hydrogens (tertiary/aromatic N) is 3. The molecule has 6 heteroatoms. The number of rotatable bonds is 3. The number of ether oxygens (including phenoxy) is 1. The van der Waals surface area contributed by atoms with E-state index in [0.29, 0.717) is 25.4 Å². The Kier molecular flexibility index (Phi) is 3.90. The molecule has 0 spiro atoms. The molecule has 1 atom stereocenters. The Hall–Kier alpha value is -1.92. The van der Waals surface area contributed by atoms with Crippen LogP contribution in [0.25, 0.3) is 10.9 Å². The lowest BCUT2D eigenvalue weighted by molar-refractivity contribution is -0.0197. The number of likely N-dealkylation sites (N-methyl/N-ethyl adjacent to an activating group) is 1. The van der Waals surface area contributed by atoms with E-state index in [2.05, 4.69) is 10.4 Å². The van der Waals surface area contributed by atoms with E-state index in [0.717, 1.165) is 17.4 Å². The van der Waals surface area contributed by atoms with Crippen molar-refractivity contribution in [2.24, 2.45) is 7.05 Å². The van der Waals surface area contributed by atoms with Crippen molar-refractivity contribution < 1.29 is 9.53 Å². The van der Waals surface area contributed by atoms with E-state index < -0.39 is 0 Å². The minimum Gasteiger partial charge on any atom is -0.373 e. The van der Waals surface area contributed by atoms with Crippen molar-refractivity contribution in [3.63, 3.8) is 0 Å². The minimum atomic E-state index is -0.0174. The first-order valence-electron chi connectivity index (χ1n) is 7.18. The number of carbonyl (C=O) groups is 1. The Morgan fingerprint density at radius 3 is 3.10 bits per heavy atom. The summed E-state index contributed by atoms with van der Waals surface area (Å²) in [5, 5.41) is 8.40. The van der Waals surface area contributed by atoms with Gasteiger partial charge in [-0.15, -0.1) is 0 Å². The third-order valence-corrected chi connectivity index (χ3v) is 3.82. The quantitative estimate of drug-likeness (QED) is 0.900. The van der Waals surface area contributed by atoms with Gasteiger partial charge in [-0.2, -0.15) is 5.10 Å². The first kappa shape index (κ1) is 14.0. The van der Waals surface area contributed by atoms with Crippen LogP contribution in [-0.4, -0.2) is 60.0 Å². The van der Waals surface area contributed by atoms with Gasteiger partial charge in [0, 0.05) is 32.1 Å². The fraction of sp³-hybridized carbons (Fsp3) is 0.467. The van der Waals surface area contributed by atoms with Crippen LogP contribution >= 0.6 is 0 Å². The number of hydrogen-bond donors (Lipinski definition) is 1. The zero-order valence-electron chi connectivity index (χ0n) is 12.4. The van der Waals surface area contributed by atoms with Crippen LogP contribution in [0.5, 0.6) is 0 Å². The van der Waals surface area contributed by atoms with Crippen molar-refractivity contribution in [3.05, 3.63) is 30.0 Å². The molecule has 1 aliphatic rings. The van der Waals surface area contributed by atoms with Crippen LogP contribution in [0, 0.1) is 0 Å². The van der Waals surface area contributed by atoms with Crippen LogP contribution in [0.4, 0.5) is 0 Å². The van der Waals surface area contributed by atoms with E-state index >= 15 is 0 Å². The molecule has 1 fully saturated rings. The Labute approximate surface area is 123 Å². The second-order valence-electron chi connectivity index (χ2n) is 5.29. The number of carbonyl (C=O) groups excluding carboxylic acids is 1. The van der Waals surface area contributed by atoms with E-state index in [1.165, 1.54) is 0 Å². The molecule has 0 aliphatic carbocycles. The van der Waals surface area contributed by atoms with Crippen LogP contribution in [0.1, 0.15) is 10.5 Å². The van der Waals surface area contributed by atoms with Gasteiger partial charge in [-0.25, -0.2) is 0 Å². The highest BCUT2D eigenvalue weighted by Gasteiger charge is 2.27. The molecule has 1 aromatic heterocycles. The average molecular weight is 288 g/mol. The summed E-state index contributed by atoms with van der Waals surface area (Å²) in [5.74, 6) is -0.0174. The van der Waals surface area contributed by atoms with Gasteiger partial charge in [-0.05, 0) is 13.1 Å². The molecule has 21 heavy (non-hydrogen) atoms. The van der Waals surface area contributed by atoms with Crippen molar-refractivity contribution in [2.75, 3.05) is 33.3 Å². The number of aryl methyl sites for hydroxylation is 1. The number of fused-ring (bicyclic) bond motifs is 1. The average Bonchev–Trinajstić information content (AvgIpc) is 2.85. The predicted octanol–water partition coefficient (Wildman–Crippen LogP) is 0.634. The molecule has 0 saturated carbocycles. The van der Waals surface area contributed by atoms with E-state index in [-0.39, 0.29) is 12.0 Å². The van der Waals surface area contributed by atoms with Gasteiger partial charge in [0.05, 0.1) is 18.2 Å². The Balaban J connectivity index is 1.86. The maximum Gasteiger partial charge on any atom is 0.275 e. The molecule has 1 amide bonds. The number of nitrogens with one attached hydrogen (secondary N) is 1. The van der Waals surface area contributed by atoms with Crippen LogP contribution in [-0.2, 0) is 11.8 Å². The molecule has 1 N–H and O–H groups in total. The third kappa shape index (κ3) is 2.64. The van der Waals surface area contributed by atoms with E-state index in [1.807, 2.05) is 43.3 Å². The molecule has 1 aliphatic heterocycles. The summed E-state index contributed by atoms with van der Waals surface area (Å²) >= 11 is 0. The molecule has 3 rings (SSSR count). The van der Waals surface area contributed by atoms with Gasteiger partial charge in [0.25, 0.3) is 5.91 Å². The highest BCUT2D eigenvalue weighted by molar-refractivity contribution is 6.04. The summed E-state index contributed by atoms with van der Waals surface area (Å²) in [6.45, 7) is 2.53. The lowest BCUT2D eigenvalue weighted by Crippen LogP contribution is -2.48. The van der Waals surface area contributed by atoms with E-state index in [9.17, 15) is 4.79 Å². The molecule has 0 radical (unpaired) electrons. The van der Waals surface area contributed by atoms with Crippen molar-refractivity contribution in [2.45, 2.75) is 6.10 Å². The maximum absolute atomic E-state index is 12.8. The van der Waals surface area contributed by atoms with Crippen molar-refractivity contribution in [1.29, 1.82) is 0 Å². The summed E-state index contributed by atoms with van der Waals surface area (Å²) in [5.41, 5.74) is 1.50. The zero-order chi connectivity index (χ0) is 14.8. The maximum atomic E-state index is 12.8. The van der Waals surface area contributed by atoms with Crippen molar-refractivity contribution in [3.8, 4) is 0 Å². The topological polar surface area (TPSA) is 59.4 Å². The molecule has 112 valence electrons. The van der Waals surface area contributed by atoms with Crippen LogP contribution in [0.2, 0.25) is 0 Å². The Morgan fingerprint density at radius 1 is 1.48 bits per heavy atom. The van der Waals surface area contributed by atoms with Gasteiger partial charge in [0.1, 0.15) is 0 Å². The molecule has 2 aromatic rings. The lowest BCUT2D eigenvalue weighted by Gasteiger charge is -2.32. The van der Waals surface area contributed by atoms with Crippen molar-refractivity contribution in [1.82, 2.24) is 20.0 Å². The minimum absolute atomic E-state index is 0.0174. The van der Waals surface area contributed by atoms with E-state index in [1.54, 1.807) is 4.68 Å². The first-order chi connectivity index (χ1) is 10.2. The molecular weight excluding hydrogens is 268 g/mol. The summed E-state index contributed by atoms with van der Waals surface area (Å²) in [4.78, 5) is 14.6. The highest BCUT2D eigenvalue weighted by atomic mass is 16.5. The Bertz CT molecular complexity index is 650. The summed E-state index contributed by atoms with van der Waals surface area (Å²) in [6.07, 6.45) is 0.0441. The number of aromatic nitrogens is 2. The molecular formula is C15H20N4O2. The van der Waals surface area contributed by atoms with Crippen LogP contribution < -0.4 is 5.32 Å². The number of hydrogen-bond acceptors (Lipinski definition) is 4. The molecule has 1 unspecified atom stereocenters. The zero-order valence-corrected chi connectivity index (χ0v) is 12.4. The number of benzene rings is 1. The van der Waals surface area contributed by atoms with Gasteiger partial charge < -0.3 is 15.0 Å². The molecule has 6 nitrogen and oxygen atoms in total. The second kappa shape index (κ2) is 5.83. The molecule has 1 saturated heterocycles. The smallest absolute Gasteiger partial charge is 0.275 e. The van der Waals surface area contributed by atoms with E-state index in [4.69, 9.17) is 4.74 Å². The SMILES string of the molecule is CNCC1CN(C(=O)c2nn(C)c3ccccc23)CCO1. The van der Waals surface area contributed by atoms with Crippen molar-refractivity contribution >= 4 is 16.8 Å². The van der Waals surface area contributed by atoms with Gasteiger partial charge >= 0.3 is 0 Å². The monoisotopic (exact) mass is 288 g/mol. The van der Waals surface area contributed by atoms with Gasteiger partial charge in [-0.1, -0.05) is 18.2 Å². The highest BCUT2D eigenvalue weighted by Crippen LogP contribution is 2.20. The summed E-state index contributed by atoms with van der Waals surface area (Å²) in [7, 11) is 3.75.